The summed E-state index contributed by atoms with van der Waals surface area (Å²) in [6.45, 7) is 8.89. The van der Waals surface area contributed by atoms with Crippen LogP contribution in [-0.2, 0) is 10.0 Å². The Hall–Kier alpha value is -2.38. The molecule has 0 atom stereocenters. The number of aryl methyl sites for hydroxylation is 1. The number of anilines is 2. The van der Waals surface area contributed by atoms with Crippen molar-refractivity contribution < 1.29 is 13.2 Å². The maximum Gasteiger partial charge on any atom is 0.255 e. The zero-order valence-electron chi connectivity index (χ0n) is 18.0. The van der Waals surface area contributed by atoms with Crippen molar-refractivity contribution in [3.8, 4) is 0 Å². The van der Waals surface area contributed by atoms with Gasteiger partial charge in [-0.3, -0.25) is 4.79 Å². The lowest BCUT2D eigenvalue weighted by molar-refractivity contribution is 0.102. The molecule has 162 valence electrons. The molecule has 6 nitrogen and oxygen atoms in total. The number of sulfonamides is 1. The molecule has 0 saturated carbocycles. The Labute approximate surface area is 179 Å². The maximum absolute atomic E-state index is 13.1. The van der Waals surface area contributed by atoms with E-state index in [2.05, 4.69) is 24.1 Å². The summed E-state index contributed by atoms with van der Waals surface area (Å²) in [5.74, 6) is -0.319. The summed E-state index contributed by atoms with van der Waals surface area (Å²) in [6, 6.07) is 12.6. The van der Waals surface area contributed by atoms with Crippen LogP contribution < -0.4 is 10.2 Å². The van der Waals surface area contributed by atoms with Gasteiger partial charge in [-0.1, -0.05) is 12.5 Å². The van der Waals surface area contributed by atoms with Gasteiger partial charge >= 0.3 is 0 Å². The van der Waals surface area contributed by atoms with E-state index in [9.17, 15) is 13.2 Å². The highest BCUT2D eigenvalue weighted by molar-refractivity contribution is 7.89. The molecular formula is C23H31N3O3S. The van der Waals surface area contributed by atoms with Crippen molar-refractivity contribution in [1.82, 2.24) is 4.31 Å². The zero-order chi connectivity index (χ0) is 21.7. The van der Waals surface area contributed by atoms with Crippen LogP contribution in [-0.4, -0.2) is 44.8 Å². The molecule has 0 radical (unpaired) electrons. The average Bonchev–Trinajstić information content (AvgIpc) is 2.76. The molecule has 0 aromatic heterocycles. The Balaban J connectivity index is 1.79. The quantitative estimate of drug-likeness (QED) is 0.714. The number of piperidine rings is 1. The molecular weight excluding hydrogens is 398 g/mol. The highest BCUT2D eigenvalue weighted by atomic mass is 32.2. The summed E-state index contributed by atoms with van der Waals surface area (Å²) < 4.78 is 27.7. The molecule has 3 rings (SSSR count). The van der Waals surface area contributed by atoms with Crippen molar-refractivity contribution >= 4 is 27.3 Å². The molecule has 0 unspecified atom stereocenters. The third-order valence-corrected chi connectivity index (χ3v) is 7.68. The van der Waals surface area contributed by atoms with Gasteiger partial charge in [-0.25, -0.2) is 8.42 Å². The minimum Gasteiger partial charge on any atom is -0.372 e. The molecule has 2 aromatic rings. The number of nitrogens with one attached hydrogen (secondary N) is 1. The summed E-state index contributed by atoms with van der Waals surface area (Å²) in [6.07, 6.45) is 2.81. The fraction of sp³-hybridized carbons (Fsp3) is 0.435. The van der Waals surface area contributed by atoms with Crippen molar-refractivity contribution in [3.05, 3.63) is 53.6 Å². The minimum atomic E-state index is -3.59. The van der Waals surface area contributed by atoms with E-state index in [1.165, 1.54) is 10.4 Å². The van der Waals surface area contributed by atoms with Crippen LogP contribution in [0.5, 0.6) is 0 Å². The van der Waals surface area contributed by atoms with Crippen LogP contribution in [0.2, 0.25) is 0 Å². The zero-order valence-corrected chi connectivity index (χ0v) is 18.8. The van der Waals surface area contributed by atoms with Gasteiger partial charge in [-0.15, -0.1) is 0 Å². The first kappa shape index (κ1) is 22.3. The molecule has 1 heterocycles. The van der Waals surface area contributed by atoms with Gasteiger partial charge in [0.05, 0.1) is 4.90 Å². The number of carbonyl (C=O) groups excluding carboxylic acids is 1. The van der Waals surface area contributed by atoms with E-state index < -0.39 is 10.0 Å². The third-order valence-electron chi connectivity index (χ3n) is 5.64. The summed E-state index contributed by atoms with van der Waals surface area (Å²) >= 11 is 0. The van der Waals surface area contributed by atoms with E-state index in [1.54, 1.807) is 19.1 Å². The van der Waals surface area contributed by atoms with Crippen LogP contribution in [0.3, 0.4) is 0 Å². The number of nitrogens with zero attached hydrogens (tertiary/aromatic N) is 2. The highest BCUT2D eigenvalue weighted by Crippen LogP contribution is 2.25. The van der Waals surface area contributed by atoms with Gasteiger partial charge in [-0.2, -0.15) is 4.31 Å². The lowest BCUT2D eigenvalue weighted by atomic mass is 10.1. The van der Waals surface area contributed by atoms with Crippen LogP contribution in [0, 0.1) is 6.92 Å². The van der Waals surface area contributed by atoms with E-state index in [-0.39, 0.29) is 10.8 Å². The van der Waals surface area contributed by atoms with E-state index in [0.717, 1.165) is 38.0 Å². The maximum atomic E-state index is 13.1. The molecule has 1 aliphatic heterocycles. The first-order chi connectivity index (χ1) is 14.4. The molecule has 30 heavy (non-hydrogen) atoms. The molecule has 2 aromatic carbocycles. The predicted molar refractivity (Wildman–Crippen MR) is 122 cm³/mol. The van der Waals surface area contributed by atoms with Gasteiger partial charge in [0.2, 0.25) is 10.0 Å². The molecule has 1 fully saturated rings. The summed E-state index contributed by atoms with van der Waals surface area (Å²) in [4.78, 5) is 15.2. The monoisotopic (exact) mass is 429 g/mol. The number of benzene rings is 2. The molecule has 1 saturated heterocycles. The van der Waals surface area contributed by atoms with Gasteiger partial charge in [0, 0.05) is 43.1 Å². The fourth-order valence-corrected chi connectivity index (χ4v) is 5.58. The fourth-order valence-electron chi connectivity index (χ4n) is 3.81. The van der Waals surface area contributed by atoms with Crippen LogP contribution in [0.15, 0.2) is 47.4 Å². The van der Waals surface area contributed by atoms with Crippen molar-refractivity contribution in [2.24, 2.45) is 0 Å². The molecule has 1 aliphatic rings. The van der Waals surface area contributed by atoms with E-state index in [1.807, 2.05) is 24.3 Å². The third kappa shape index (κ3) is 4.84. The summed E-state index contributed by atoms with van der Waals surface area (Å²) in [5.41, 5.74) is 2.77. The molecule has 1 N–H and O–H groups in total. The van der Waals surface area contributed by atoms with Gasteiger partial charge in [-0.05, 0) is 75.6 Å². The number of rotatable bonds is 7. The second-order valence-electron chi connectivity index (χ2n) is 7.62. The largest absolute Gasteiger partial charge is 0.372 e. The number of hydrogen-bond acceptors (Lipinski definition) is 4. The minimum absolute atomic E-state index is 0.217. The SMILES string of the molecule is CCN(CC)c1ccc(NC(=O)c2ccc(C)c(S(=O)(=O)N3CCCCC3)c2)cc1. The first-order valence-electron chi connectivity index (χ1n) is 10.6. The van der Waals surface area contributed by atoms with Crippen LogP contribution in [0.4, 0.5) is 11.4 Å². The van der Waals surface area contributed by atoms with E-state index >= 15 is 0 Å². The molecule has 1 amide bonds. The average molecular weight is 430 g/mol. The molecule has 0 bridgehead atoms. The topological polar surface area (TPSA) is 69.7 Å². The standard InChI is InChI=1S/C23H31N3O3S/c1-4-25(5-2)21-13-11-20(12-14-21)24-23(27)19-10-9-18(3)22(17-19)30(28,29)26-15-7-6-8-16-26/h9-14,17H,4-8,15-16H2,1-3H3,(H,24,27). The smallest absolute Gasteiger partial charge is 0.255 e. The van der Waals surface area contributed by atoms with Gasteiger partial charge in [0.25, 0.3) is 5.91 Å². The van der Waals surface area contributed by atoms with Gasteiger partial charge in [0.1, 0.15) is 0 Å². The number of carbonyl (C=O) groups is 1. The normalized spacial score (nSPS) is 15.0. The Bertz CT molecular complexity index is 977. The lowest BCUT2D eigenvalue weighted by Crippen LogP contribution is -2.36. The van der Waals surface area contributed by atoms with Crippen LogP contribution >= 0.6 is 0 Å². The second-order valence-corrected chi connectivity index (χ2v) is 9.52. The molecule has 0 spiro atoms. The number of amides is 1. The Morgan fingerprint density at radius 3 is 2.23 bits per heavy atom. The van der Waals surface area contributed by atoms with Gasteiger partial charge in [0.15, 0.2) is 0 Å². The Morgan fingerprint density at radius 1 is 1.00 bits per heavy atom. The van der Waals surface area contributed by atoms with Crippen molar-refractivity contribution in [1.29, 1.82) is 0 Å². The molecule has 0 aliphatic carbocycles. The van der Waals surface area contributed by atoms with Crippen molar-refractivity contribution in [3.63, 3.8) is 0 Å². The van der Waals surface area contributed by atoms with E-state index in [0.29, 0.717) is 29.9 Å². The summed E-state index contributed by atoms with van der Waals surface area (Å²) in [7, 11) is -3.59. The summed E-state index contributed by atoms with van der Waals surface area (Å²) in [5, 5.41) is 2.87. The lowest BCUT2D eigenvalue weighted by Gasteiger charge is -2.26. The predicted octanol–water partition coefficient (Wildman–Crippen LogP) is 4.27. The number of hydrogen-bond donors (Lipinski definition) is 1. The Kier molecular flexibility index (Phi) is 7.15. The molecule has 7 heteroatoms. The van der Waals surface area contributed by atoms with Crippen molar-refractivity contribution in [2.45, 2.75) is 44.9 Å². The van der Waals surface area contributed by atoms with Gasteiger partial charge < -0.3 is 10.2 Å². The van der Waals surface area contributed by atoms with Crippen LogP contribution in [0.25, 0.3) is 0 Å². The Morgan fingerprint density at radius 2 is 1.63 bits per heavy atom. The van der Waals surface area contributed by atoms with E-state index in [4.69, 9.17) is 0 Å². The first-order valence-corrected chi connectivity index (χ1v) is 12.1. The van der Waals surface area contributed by atoms with Crippen molar-refractivity contribution in [2.75, 3.05) is 36.4 Å². The highest BCUT2D eigenvalue weighted by Gasteiger charge is 2.28. The second kappa shape index (κ2) is 9.62. The van der Waals surface area contributed by atoms with Crippen LogP contribution in [0.1, 0.15) is 49.0 Å².